The molecule has 0 bridgehead atoms. The number of Topliss-reactive ketones (excluding diaryl/α,β-unsaturated/α-hetero) is 1. The van der Waals surface area contributed by atoms with Crippen molar-refractivity contribution in [3.8, 4) is 11.8 Å². The molecule has 0 saturated carbocycles. The molecule has 116 valence electrons. The van der Waals surface area contributed by atoms with Crippen molar-refractivity contribution in [2.45, 2.75) is 25.4 Å². The first-order chi connectivity index (χ1) is 10.6. The average Bonchev–Trinajstić information content (AvgIpc) is 3.01. The second-order valence-electron chi connectivity index (χ2n) is 5.09. The lowest BCUT2D eigenvalue weighted by molar-refractivity contribution is -0.130. The van der Waals surface area contributed by atoms with Crippen molar-refractivity contribution in [1.29, 1.82) is 5.26 Å². The van der Waals surface area contributed by atoms with Crippen molar-refractivity contribution in [2.75, 3.05) is 19.0 Å². The highest BCUT2D eigenvalue weighted by molar-refractivity contribution is 6.09. The molecule has 1 fully saturated rings. The van der Waals surface area contributed by atoms with E-state index in [-0.39, 0.29) is 12.5 Å². The average molecular weight is 302 g/mol. The number of nitrogens with one attached hydrogen (secondary N) is 1. The number of carbonyl (C=O) groups excluding carboxylic acids is 2. The van der Waals surface area contributed by atoms with E-state index in [9.17, 15) is 9.59 Å². The van der Waals surface area contributed by atoms with Crippen LogP contribution >= 0.6 is 0 Å². The van der Waals surface area contributed by atoms with Crippen LogP contribution in [0, 0.1) is 17.2 Å². The van der Waals surface area contributed by atoms with Gasteiger partial charge in [0.2, 0.25) is 5.91 Å². The first-order valence-corrected chi connectivity index (χ1v) is 7.13. The Morgan fingerprint density at radius 3 is 3.00 bits per heavy atom. The van der Waals surface area contributed by atoms with Gasteiger partial charge in [0.15, 0.2) is 11.7 Å². The minimum absolute atomic E-state index is 0.101. The molecule has 0 aliphatic carbocycles. The Balaban J connectivity index is 1.98. The minimum atomic E-state index is -1.32. The number of ether oxygens (including phenoxy) is 2. The van der Waals surface area contributed by atoms with Crippen molar-refractivity contribution >= 4 is 17.4 Å². The van der Waals surface area contributed by atoms with E-state index >= 15 is 0 Å². The summed E-state index contributed by atoms with van der Waals surface area (Å²) in [5, 5.41) is 11.7. The number of amides is 1. The molecule has 1 aliphatic heterocycles. The van der Waals surface area contributed by atoms with Crippen molar-refractivity contribution in [3.63, 3.8) is 0 Å². The molecule has 1 aromatic carbocycles. The van der Waals surface area contributed by atoms with Crippen LogP contribution in [-0.4, -0.2) is 31.5 Å². The Morgan fingerprint density at radius 1 is 1.55 bits per heavy atom. The Labute approximate surface area is 129 Å². The van der Waals surface area contributed by atoms with Gasteiger partial charge in [-0.2, -0.15) is 5.26 Å². The number of rotatable bonds is 6. The highest BCUT2D eigenvalue weighted by Crippen LogP contribution is 2.20. The summed E-state index contributed by atoms with van der Waals surface area (Å²) in [6.45, 7) is 0.630. The van der Waals surface area contributed by atoms with Gasteiger partial charge in [-0.15, -0.1) is 0 Å². The largest absolute Gasteiger partial charge is 0.497 e. The second-order valence-corrected chi connectivity index (χ2v) is 5.09. The summed E-state index contributed by atoms with van der Waals surface area (Å²) < 4.78 is 10.4. The van der Waals surface area contributed by atoms with Crippen LogP contribution in [0.4, 0.5) is 5.69 Å². The normalized spacial score (nSPS) is 18.3. The maximum Gasteiger partial charge on any atom is 0.249 e. The zero-order valence-electron chi connectivity index (χ0n) is 12.4. The van der Waals surface area contributed by atoms with Gasteiger partial charge in [-0.3, -0.25) is 9.59 Å². The minimum Gasteiger partial charge on any atom is -0.497 e. The van der Waals surface area contributed by atoms with E-state index in [4.69, 9.17) is 14.7 Å². The standard InChI is InChI=1S/C16H18N2O4/c1-21-12-5-2-4-11(8-12)18-16(20)14(10-17)15(19)9-13-6-3-7-22-13/h2,4-5,8,13-14H,3,6-7,9H2,1H3,(H,18,20)/t13-,14+/m1/s1. The fraction of sp³-hybridized carbons (Fsp3) is 0.438. The van der Waals surface area contributed by atoms with Crippen LogP contribution in [0.25, 0.3) is 0 Å². The highest BCUT2D eigenvalue weighted by atomic mass is 16.5. The predicted octanol–water partition coefficient (Wildman–Crippen LogP) is 1.91. The number of anilines is 1. The van der Waals surface area contributed by atoms with E-state index in [1.165, 1.54) is 7.11 Å². The third kappa shape index (κ3) is 4.06. The van der Waals surface area contributed by atoms with Crippen LogP contribution in [0.5, 0.6) is 5.75 Å². The number of methoxy groups -OCH3 is 1. The first kappa shape index (κ1) is 16.0. The molecule has 22 heavy (non-hydrogen) atoms. The monoisotopic (exact) mass is 302 g/mol. The van der Waals surface area contributed by atoms with Crippen LogP contribution in [0.2, 0.25) is 0 Å². The molecular formula is C16H18N2O4. The topological polar surface area (TPSA) is 88.4 Å². The first-order valence-electron chi connectivity index (χ1n) is 7.13. The van der Waals surface area contributed by atoms with Crippen LogP contribution in [0.15, 0.2) is 24.3 Å². The van der Waals surface area contributed by atoms with Crippen LogP contribution in [0.3, 0.4) is 0 Å². The summed E-state index contributed by atoms with van der Waals surface area (Å²) in [4.78, 5) is 24.2. The molecule has 1 aromatic rings. The third-order valence-electron chi connectivity index (χ3n) is 3.50. The predicted molar refractivity (Wildman–Crippen MR) is 79.3 cm³/mol. The molecule has 1 amide bonds. The summed E-state index contributed by atoms with van der Waals surface area (Å²) in [6.07, 6.45) is 1.63. The fourth-order valence-electron chi connectivity index (χ4n) is 2.34. The smallest absolute Gasteiger partial charge is 0.249 e. The third-order valence-corrected chi connectivity index (χ3v) is 3.50. The van der Waals surface area contributed by atoms with Gasteiger partial charge < -0.3 is 14.8 Å². The zero-order chi connectivity index (χ0) is 15.9. The van der Waals surface area contributed by atoms with Gasteiger partial charge in [0.1, 0.15) is 5.75 Å². The molecule has 1 heterocycles. The molecule has 2 atom stereocenters. The van der Waals surface area contributed by atoms with Crippen molar-refractivity contribution in [1.82, 2.24) is 0 Å². The molecule has 0 unspecified atom stereocenters. The maximum atomic E-state index is 12.1. The van der Waals surface area contributed by atoms with E-state index in [0.717, 1.165) is 12.8 Å². The van der Waals surface area contributed by atoms with Crippen LogP contribution < -0.4 is 10.1 Å². The number of hydrogen-bond donors (Lipinski definition) is 1. The molecule has 0 radical (unpaired) electrons. The molecule has 2 rings (SSSR count). The quantitative estimate of drug-likeness (QED) is 0.811. The summed E-state index contributed by atoms with van der Waals surface area (Å²) in [6, 6.07) is 8.51. The molecule has 6 nitrogen and oxygen atoms in total. The highest BCUT2D eigenvalue weighted by Gasteiger charge is 2.30. The second kappa shape index (κ2) is 7.57. The molecule has 6 heteroatoms. The van der Waals surface area contributed by atoms with Gasteiger partial charge in [-0.1, -0.05) is 6.07 Å². The lowest BCUT2D eigenvalue weighted by Crippen LogP contribution is -2.30. The Morgan fingerprint density at radius 2 is 2.36 bits per heavy atom. The number of carbonyl (C=O) groups is 2. The van der Waals surface area contributed by atoms with Crippen molar-refractivity contribution in [3.05, 3.63) is 24.3 Å². The molecular weight excluding hydrogens is 284 g/mol. The SMILES string of the molecule is COc1cccc(NC(=O)[C@@H](C#N)C(=O)C[C@H]2CCCO2)c1. The fourth-order valence-corrected chi connectivity index (χ4v) is 2.34. The molecule has 1 aliphatic rings. The Hall–Kier alpha value is -2.39. The zero-order valence-corrected chi connectivity index (χ0v) is 12.4. The summed E-state index contributed by atoms with van der Waals surface area (Å²) in [5.74, 6) is -1.78. The molecule has 0 aromatic heterocycles. The molecule has 1 N–H and O–H groups in total. The Kier molecular flexibility index (Phi) is 5.50. The van der Waals surface area contributed by atoms with Gasteiger partial charge in [0, 0.05) is 24.8 Å². The number of benzene rings is 1. The van der Waals surface area contributed by atoms with Crippen LogP contribution in [0.1, 0.15) is 19.3 Å². The van der Waals surface area contributed by atoms with E-state index < -0.39 is 17.6 Å². The molecule has 1 saturated heterocycles. The van der Waals surface area contributed by atoms with Gasteiger partial charge in [-0.05, 0) is 25.0 Å². The van der Waals surface area contributed by atoms with E-state index in [1.54, 1.807) is 30.3 Å². The van der Waals surface area contributed by atoms with Gasteiger partial charge >= 0.3 is 0 Å². The van der Waals surface area contributed by atoms with Crippen molar-refractivity contribution < 1.29 is 19.1 Å². The van der Waals surface area contributed by atoms with Crippen molar-refractivity contribution in [2.24, 2.45) is 5.92 Å². The summed E-state index contributed by atoms with van der Waals surface area (Å²) >= 11 is 0. The van der Waals surface area contributed by atoms with E-state index in [2.05, 4.69) is 5.32 Å². The molecule has 0 spiro atoms. The Bertz CT molecular complexity index is 588. The van der Waals surface area contributed by atoms with Gasteiger partial charge in [0.25, 0.3) is 0 Å². The number of nitriles is 1. The van der Waals surface area contributed by atoms with Crippen LogP contribution in [-0.2, 0) is 14.3 Å². The van der Waals surface area contributed by atoms with E-state index in [0.29, 0.717) is 18.0 Å². The summed E-state index contributed by atoms with van der Waals surface area (Å²) in [5.41, 5.74) is 0.481. The van der Waals surface area contributed by atoms with Gasteiger partial charge in [0.05, 0.1) is 19.3 Å². The summed E-state index contributed by atoms with van der Waals surface area (Å²) in [7, 11) is 1.52. The van der Waals surface area contributed by atoms with E-state index in [1.807, 2.05) is 0 Å². The van der Waals surface area contributed by atoms with Gasteiger partial charge in [-0.25, -0.2) is 0 Å². The number of hydrogen-bond acceptors (Lipinski definition) is 5. The lowest BCUT2D eigenvalue weighted by atomic mass is 9.98. The number of nitrogens with zero attached hydrogens (tertiary/aromatic N) is 1. The lowest BCUT2D eigenvalue weighted by Gasteiger charge is -2.12. The maximum absolute atomic E-state index is 12.1. The number of ketones is 1.